The Balaban J connectivity index is 1.53. The van der Waals surface area contributed by atoms with Crippen molar-refractivity contribution >= 4 is 26.8 Å². The third-order valence-corrected chi connectivity index (χ3v) is 7.38. The first-order valence-corrected chi connectivity index (χ1v) is 11.7. The number of hydrogen-bond donors (Lipinski definition) is 1. The average molecular weight is 457 g/mol. The molecule has 10 heteroatoms. The summed E-state index contributed by atoms with van der Waals surface area (Å²) in [6.07, 6.45) is 3.03. The van der Waals surface area contributed by atoms with E-state index < -0.39 is 15.7 Å². The number of methoxy groups -OCH3 is 1. The van der Waals surface area contributed by atoms with Gasteiger partial charge in [-0.15, -0.1) is 0 Å². The average Bonchev–Trinajstić information content (AvgIpc) is 3.35. The SMILES string of the molecule is COc1ccc(CNC(=O)Cn2c(=O)ncc3cc(S(=O)(=O)N4CCCC4)ccc32)cc1. The highest BCUT2D eigenvalue weighted by molar-refractivity contribution is 7.89. The van der Waals surface area contributed by atoms with E-state index in [0.29, 0.717) is 30.5 Å². The fraction of sp³-hybridized carbons (Fsp3) is 0.318. The fourth-order valence-corrected chi connectivity index (χ4v) is 5.27. The quantitative estimate of drug-likeness (QED) is 0.577. The number of fused-ring (bicyclic) bond motifs is 1. The molecule has 1 fully saturated rings. The molecule has 2 heterocycles. The molecule has 1 N–H and O–H groups in total. The van der Waals surface area contributed by atoms with E-state index in [-0.39, 0.29) is 17.3 Å². The Morgan fingerprint density at radius 2 is 1.84 bits per heavy atom. The van der Waals surface area contributed by atoms with Crippen LogP contribution in [0.2, 0.25) is 0 Å². The standard InChI is InChI=1S/C22H24N4O5S/c1-31-18-6-4-16(5-7-18)13-23-21(27)15-26-20-9-8-19(12-17(20)14-24-22(26)28)32(29,30)25-10-2-3-11-25/h4-9,12,14H,2-3,10-11,13,15H2,1H3,(H,23,27). The summed E-state index contributed by atoms with van der Waals surface area (Å²) in [5.41, 5.74) is 0.761. The molecule has 0 radical (unpaired) electrons. The van der Waals surface area contributed by atoms with Crippen molar-refractivity contribution < 1.29 is 17.9 Å². The summed E-state index contributed by atoms with van der Waals surface area (Å²) in [6, 6.07) is 11.8. The summed E-state index contributed by atoms with van der Waals surface area (Å²) < 4.78 is 33.5. The molecule has 1 aliphatic rings. The first-order chi connectivity index (χ1) is 15.4. The van der Waals surface area contributed by atoms with Crippen LogP contribution in [0.15, 0.2) is 58.4 Å². The zero-order valence-corrected chi connectivity index (χ0v) is 18.5. The normalized spacial score (nSPS) is 14.5. The minimum atomic E-state index is -3.59. The van der Waals surface area contributed by atoms with E-state index in [4.69, 9.17) is 4.74 Å². The topological polar surface area (TPSA) is 111 Å². The molecule has 9 nitrogen and oxygen atoms in total. The Bertz CT molecular complexity index is 1300. The van der Waals surface area contributed by atoms with Gasteiger partial charge in [0.25, 0.3) is 0 Å². The van der Waals surface area contributed by atoms with Gasteiger partial charge in [-0.1, -0.05) is 12.1 Å². The number of hydrogen-bond acceptors (Lipinski definition) is 6. The van der Waals surface area contributed by atoms with Crippen molar-refractivity contribution in [2.24, 2.45) is 0 Å². The first kappa shape index (κ1) is 22.0. The van der Waals surface area contributed by atoms with Gasteiger partial charge in [0.2, 0.25) is 15.9 Å². The van der Waals surface area contributed by atoms with E-state index in [2.05, 4.69) is 10.3 Å². The van der Waals surface area contributed by atoms with Gasteiger partial charge in [0.15, 0.2) is 0 Å². The van der Waals surface area contributed by atoms with Crippen LogP contribution in [-0.4, -0.2) is 48.4 Å². The lowest BCUT2D eigenvalue weighted by atomic mass is 10.2. The van der Waals surface area contributed by atoms with Crippen molar-refractivity contribution in [1.82, 2.24) is 19.2 Å². The van der Waals surface area contributed by atoms with Crippen LogP contribution >= 0.6 is 0 Å². The highest BCUT2D eigenvalue weighted by Crippen LogP contribution is 2.23. The molecule has 168 valence electrons. The third-order valence-electron chi connectivity index (χ3n) is 5.49. The van der Waals surface area contributed by atoms with Crippen LogP contribution in [0.3, 0.4) is 0 Å². The lowest BCUT2D eigenvalue weighted by molar-refractivity contribution is -0.121. The summed E-state index contributed by atoms with van der Waals surface area (Å²) in [4.78, 5) is 28.8. The molecular formula is C22H24N4O5S. The van der Waals surface area contributed by atoms with Gasteiger partial charge < -0.3 is 10.1 Å². The van der Waals surface area contributed by atoms with Crippen LogP contribution in [0.5, 0.6) is 5.75 Å². The van der Waals surface area contributed by atoms with E-state index in [1.54, 1.807) is 25.3 Å². The number of carbonyl (C=O) groups excluding carboxylic acids is 1. The van der Waals surface area contributed by atoms with Crippen LogP contribution in [0, 0.1) is 0 Å². The molecule has 0 unspecified atom stereocenters. The van der Waals surface area contributed by atoms with Crippen molar-refractivity contribution in [3.8, 4) is 5.75 Å². The van der Waals surface area contributed by atoms with E-state index in [1.165, 1.54) is 27.2 Å². The second-order valence-corrected chi connectivity index (χ2v) is 9.52. The Morgan fingerprint density at radius 1 is 1.12 bits per heavy atom. The van der Waals surface area contributed by atoms with Crippen LogP contribution in [0.4, 0.5) is 0 Å². The molecule has 32 heavy (non-hydrogen) atoms. The summed E-state index contributed by atoms with van der Waals surface area (Å²) in [5, 5.41) is 3.26. The molecule has 1 aliphatic heterocycles. The van der Waals surface area contributed by atoms with Crippen molar-refractivity contribution in [2.75, 3.05) is 20.2 Å². The molecule has 1 saturated heterocycles. The smallest absolute Gasteiger partial charge is 0.348 e. The van der Waals surface area contributed by atoms with Crippen LogP contribution < -0.4 is 15.7 Å². The zero-order valence-electron chi connectivity index (χ0n) is 17.7. The maximum Gasteiger partial charge on any atom is 0.348 e. The van der Waals surface area contributed by atoms with Crippen LogP contribution in [-0.2, 0) is 27.9 Å². The molecule has 3 aromatic rings. The minimum Gasteiger partial charge on any atom is -0.497 e. The molecule has 2 aromatic carbocycles. The number of sulfonamides is 1. The second kappa shape index (κ2) is 9.09. The number of ether oxygens (including phenoxy) is 1. The van der Waals surface area contributed by atoms with Gasteiger partial charge in [-0.2, -0.15) is 4.31 Å². The Hall–Kier alpha value is -3.24. The lowest BCUT2D eigenvalue weighted by Crippen LogP contribution is -2.33. The Labute approximate surface area is 185 Å². The number of nitrogens with zero attached hydrogens (tertiary/aromatic N) is 3. The predicted octanol–water partition coefficient (Wildman–Crippen LogP) is 1.51. The maximum absolute atomic E-state index is 12.8. The number of nitrogens with one attached hydrogen (secondary N) is 1. The van der Waals surface area contributed by atoms with E-state index >= 15 is 0 Å². The van der Waals surface area contributed by atoms with Crippen molar-refractivity contribution in [2.45, 2.75) is 30.8 Å². The Morgan fingerprint density at radius 3 is 2.53 bits per heavy atom. The molecule has 0 bridgehead atoms. The van der Waals surface area contributed by atoms with Gasteiger partial charge in [0, 0.05) is 31.2 Å². The molecule has 4 rings (SSSR count). The molecule has 1 amide bonds. The van der Waals surface area contributed by atoms with Gasteiger partial charge >= 0.3 is 5.69 Å². The van der Waals surface area contributed by atoms with Gasteiger partial charge in [0.1, 0.15) is 12.3 Å². The molecule has 1 aromatic heterocycles. The Kier molecular flexibility index (Phi) is 6.24. The van der Waals surface area contributed by atoms with E-state index in [0.717, 1.165) is 24.2 Å². The highest BCUT2D eigenvalue weighted by atomic mass is 32.2. The number of rotatable bonds is 7. The van der Waals surface area contributed by atoms with E-state index in [1.807, 2.05) is 12.1 Å². The molecule has 0 aliphatic carbocycles. The van der Waals surface area contributed by atoms with Gasteiger partial charge in [-0.25, -0.2) is 18.2 Å². The van der Waals surface area contributed by atoms with Crippen molar-refractivity contribution in [3.63, 3.8) is 0 Å². The predicted molar refractivity (Wildman–Crippen MR) is 119 cm³/mol. The largest absolute Gasteiger partial charge is 0.497 e. The van der Waals surface area contributed by atoms with E-state index in [9.17, 15) is 18.0 Å². The summed E-state index contributed by atoms with van der Waals surface area (Å²) >= 11 is 0. The summed E-state index contributed by atoms with van der Waals surface area (Å²) in [5.74, 6) is 0.366. The van der Waals surface area contributed by atoms with Gasteiger partial charge in [-0.05, 0) is 48.7 Å². The number of benzene rings is 2. The van der Waals surface area contributed by atoms with Crippen molar-refractivity contribution in [1.29, 1.82) is 0 Å². The lowest BCUT2D eigenvalue weighted by Gasteiger charge is -2.16. The summed E-state index contributed by atoms with van der Waals surface area (Å²) in [7, 11) is -2.01. The minimum absolute atomic E-state index is 0.155. The zero-order chi connectivity index (χ0) is 22.7. The fourth-order valence-electron chi connectivity index (χ4n) is 3.71. The molecular weight excluding hydrogens is 432 g/mol. The number of aromatic nitrogens is 2. The number of amides is 1. The van der Waals surface area contributed by atoms with Crippen LogP contribution in [0.25, 0.3) is 10.9 Å². The molecule has 0 spiro atoms. The molecule has 0 saturated carbocycles. The summed E-state index contributed by atoms with van der Waals surface area (Å²) in [6.45, 7) is 1.09. The van der Waals surface area contributed by atoms with Gasteiger partial charge in [-0.3, -0.25) is 9.36 Å². The van der Waals surface area contributed by atoms with Crippen LogP contribution in [0.1, 0.15) is 18.4 Å². The third kappa shape index (κ3) is 4.51. The second-order valence-electron chi connectivity index (χ2n) is 7.58. The van der Waals surface area contributed by atoms with Crippen molar-refractivity contribution in [3.05, 3.63) is 64.7 Å². The van der Waals surface area contributed by atoms with Gasteiger partial charge in [0.05, 0.1) is 17.5 Å². The first-order valence-electron chi connectivity index (χ1n) is 10.3. The molecule has 0 atom stereocenters. The monoisotopic (exact) mass is 456 g/mol. The number of carbonyl (C=O) groups is 1. The maximum atomic E-state index is 12.8. The highest BCUT2D eigenvalue weighted by Gasteiger charge is 2.27.